The van der Waals surface area contributed by atoms with Gasteiger partial charge in [0.25, 0.3) is 0 Å². The molecule has 1 atom stereocenters. The zero-order valence-corrected chi connectivity index (χ0v) is 9.85. The summed E-state index contributed by atoms with van der Waals surface area (Å²) in [7, 11) is 1.86. The quantitative estimate of drug-likeness (QED) is 0.763. The van der Waals surface area contributed by atoms with Crippen LogP contribution in [0.15, 0.2) is 0 Å². The molecule has 0 radical (unpaired) electrons. The van der Waals surface area contributed by atoms with Crippen LogP contribution in [0.3, 0.4) is 0 Å². The van der Waals surface area contributed by atoms with Crippen LogP contribution in [0.5, 0.6) is 0 Å². The first-order valence-corrected chi connectivity index (χ1v) is 6.36. The second kappa shape index (κ2) is 5.61. The van der Waals surface area contributed by atoms with E-state index in [0.29, 0.717) is 6.54 Å². The lowest BCUT2D eigenvalue weighted by atomic mass is 10.0. The molecule has 1 saturated heterocycles. The van der Waals surface area contributed by atoms with Crippen molar-refractivity contribution in [1.29, 1.82) is 0 Å². The van der Waals surface area contributed by atoms with E-state index >= 15 is 0 Å². The Balaban J connectivity index is 2.46. The molecule has 4 heteroatoms. The maximum Gasteiger partial charge on any atom is 0.225 e. The van der Waals surface area contributed by atoms with Crippen molar-refractivity contribution in [2.45, 2.75) is 25.8 Å². The second-order valence-electron chi connectivity index (χ2n) is 3.92. The highest BCUT2D eigenvalue weighted by molar-refractivity contribution is 7.99. The zero-order valence-electron chi connectivity index (χ0n) is 9.03. The Morgan fingerprint density at radius 3 is 2.64 bits per heavy atom. The summed E-state index contributed by atoms with van der Waals surface area (Å²) >= 11 is 1.95. The number of thioether (sulfide) groups is 1. The maximum absolute atomic E-state index is 12.0. The minimum atomic E-state index is 0.164. The van der Waals surface area contributed by atoms with Gasteiger partial charge in [0.05, 0.1) is 0 Å². The largest absolute Gasteiger partial charge is 0.342 e. The minimum Gasteiger partial charge on any atom is -0.342 e. The van der Waals surface area contributed by atoms with Gasteiger partial charge >= 0.3 is 0 Å². The molecule has 0 saturated carbocycles. The van der Waals surface area contributed by atoms with Crippen LogP contribution in [0.1, 0.15) is 19.8 Å². The summed E-state index contributed by atoms with van der Waals surface area (Å²) in [5, 5.41) is 0. The van der Waals surface area contributed by atoms with Gasteiger partial charge in [-0.1, -0.05) is 0 Å². The van der Waals surface area contributed by atoms with Crippen molar-refractivity contribution in [1.82, 2.24) is 4.90 Å². The average molecular weight is 216 g/mol. The summed E-state index contributed by atoms with van der Waals surface area (Å²) in [6, 6.07) is 0.164. The van der Waals surface area contributed by atoms with Gasteiger partial charge in [-0.2, -0.15) is 11.8 Å². The summed E-state index contributed by atoms with van der Waals surface area (Å²) in [5.74, 6) is 2.78. The van der Waals surface area contributed by atoms with Gasteiger partial charge in [0.1, 0.15) is 0 Å². The van der Waals surface area contributed by atoms with Crippen molar-refractivity contribution in [3.63, 3.8) is 0 Å². The fourth-order valence-corrected chi connectivity index (χ4v) is 2.71. The number of hydrogen-bond donors (Lipinski definition) is 1. The Labute approximate surface area is 90.4 Å². The number of carbonyl (C=O) groups is 1. The van der Waals surface area contributed by atoms with Crippen LogP contribution in [-0.4, -0.2) is 41.9 Å². The van der Waals surface area contributed by atoms with Crippen LogP contribution in [0, 0.1) is 5.92 Å². The Morgan fingerprint density at radius 2 is 2.14 bits per heavy atom. The molecule has 1 aliphatic heterocycles. The number of carbonyl (C=O) groups excluding carboxylic acids is 1. The third-order valence-electron chi connectivity index (χ3n) is 2.92. The van der Waals surface area contributed by atoms with Gasteiger partial charge in [0.15, 0.2) is 0 Å². The van der Waals surface area contributed by atoms with Crippen LogP contribution >= 0.6 is 11.8 Å². The molecular weight excluding hydrogens is 196 g/mol. The predicted molar refractivity (Wildman–Crippen MR) is 61.3 cm³/mol. The molecule has 1 heterocycles. The summed E-state index contributed by atoms with van der Waals surface area (Å²) in [6.07, 6.45) is 2.07. The lowest BCUT2D eigenvalue weighted by molar-refractivity contribution is -0.136. The first-order valence-electron chi connectivity index (χ1n) is 5.21. The molecule has 0 aliphatic carbocycles. The summed E-state index contributed by atoms with van der Waals surface area (Å²) in [6.45, 7) is 2.54. The number of likely N-dealkylation sites (N-methyl/N-ethyl adjacent to an activating group) is 1. The van der Waals surface area contributed by atoms with Gasteiger partial charge in [0, 0.05) is 25.6 Å². The lowest BCUT2D eigenvalue weighted by Gasteiger charge is -2.29. The molecule has 1 fully saturated rings. The zero-order chi connectivity index (χ0) is 10.6. The molecule has 1 amide bonds. The number of hydrogen-bond acceptors (Lipinski definition) is 3. The van der Waals surface area contributed by atoms with E-state index in [9.17, 15) is 4.79 Å². The van der Waals surface area contributed by atoms with Crippen LogP contribution in [0.4, 0.5) is 0 Å². The number of amides is 1. The molecule has 0 aromatic carbocycles. The van der Waals surface area contributed by atoms with E-state index in [2.05, 4.69) is 0 Å². The SMILES string of the molecule is CC(CN)N(C)C(=O)C1CCSCC1. The molecule has 0 aromatic heterocycles. The Morgan fingerprint density at radius 1 is 1.57 bits per heavy atom. The fourth-order valence-electron chi connectivity index (χ4n) is 1.61. The highest BCUT2D eigenvalue weighted by atomic mass is 32.2. The lowest BCUT2D eigenvalue weighted by Crippen LogP contribution is -2.43. The standard InChI is InChI=1S/C10H20N2OS/c1-8(7-11)12(2)10(13)9-3-5-14-6-4-9/h8-9H,3-7,11H2,1-2H3. The van der Waals surface area contributed by atoms with Gasteiger partial charge < -0.3 is 10.6 Å². The van der Waals surface area contributed by atoms with E-state index in [4.69, 9.17) is 5.73 Å². The molecule has 0 aromatic rings. The van der Waals surface area contributed by atoms with Gasteiger partial charge in [-0.3, -0.25) is 4.79 Å². The molecule has 3 nitrogen and oxygen atoms in total. The van der Waals surface area contributed by atoms with E-state index in [1.54, 1.807) is 4.90 Å². The van der Waals surface area contributed by atoms with E-state index in [-0.39, 0.29) is 17.9 Å². The number of rotatable bonds is 3. The summed E-state index contributed by atoms with van der Waals surface area (Å²) < 4.78 is 0. The van der Waals surface area contributed by atoms with Crippen molar-refractivity contribution in [2.75, 3.05) is 25.1 Å². The molecule has 0 spiro atoms. The molecule has 0 bridgehead atoms. The first kappa shape index (κ1) is 11.9. The van der Waals surface area contributed by atoms with Gasteiger partial charge in [-0.05, 0) is 31.3 Å². The first-order chi connectivity index (χ1) is 6.66. The van der Waals surface area contributed by atoms with Gasteiger partial charge in [0.2, 0.25) is 5.91 Å². The van der Waals surface area contributed by atoms with E-state index in [0.717, 1.165) is 24.3 Å². The van der Waals surface area contributed by atoms with Crippen LogP contribution in [0.25, 0.3) is 0 Å². The molecule has 2 N–H and O–H groups in total. The molecular formula is C10H20N2OS. The van der Waals surface area contributed by atoms with Crippen LogP contribution < -0.4 is 5.73 Å². The van der Waals surface area contributed by atoms with E-state index < -0.39 is 0 Å². The molecule has 1 rings (SSSR count). The summed E-state index contributed by atoms with van der Waals surface area (Å²) in [4.78, 5) is 13.8. The topological polar surface area (TPSA) is 46.3 Å². The molecule has 1 aliphatic rings. The van der Waals surface area contributed by atoms with Crippen molar-refractivity contribution < 1.29 is 4.79 Å². The Bertz CT molecular complexity index is 189. The third-order valence-corrected chi connectivity index (χ3v) is 3.97. The Kier molecular flexibility index (Phi) is 4.75. The minimum absolute atomic E-state index is 0.164. The average Bonchev–Trinajstić information content (AvgIpc) is 2.27. The van der Waals surface area contributed by atoms with Crippen molar-refractivity contribution >= 4 is 17.7 Å². The summed E-state index contributed by atoms with van der Waals surface area (Å²) in [5.41, 5.74) is 5.54. The Hall–Kier alpha value is -0.220. The van der Waals surface area contributed by atoms with Crippen molar-refractivity contribution in [3.8, 4) is 0 Å². The third kappa shape index (κ3) is 2.89. The van der Waals surface area contributed by atoms with E-state index in [1.165, 1.54) is 0 Å². The molecule has 82 valence electrons. The van der Waals surface area contributed by atoms with Gasteiger partial charge in [-0.25, -0.2) is 0 Å². The smallest absolute Gasteiger partial charge is 0.225 e. The van der Waals surface area contributed by atoms with Crippen molar-refractivity contribution in [3.05, 3.63) is 0 Å². The molecule has 14 heavy (non-hydrogen) atoms. The van der Waals surface area contributed by atoms with Crippen LogP contribution in [-0.2, 0) is 4.79 Å². The predicted octanol–water partition coefficient (Wildman–Crippen LogP) is 0.935. The van der Waals surface area contributed by atoms with Crippen LogP contribution in [0.2, 0.25) is 0 Å². The fraction of sp³-hybridized carbons (Fsp3) is 0.900. The monoisotopic (exact) mass is 216 g/mol. The maximum atomic E-state index is 12.0. The normalized spacial score (nSPS) is 20.5. The van der Waals surface area contributed by atoms with Gasteiger partial charge in [-0.15, -0.1) is 0 Å². The highest BCUT2D eigenvalue weighted by Gasteiger charge is 2.25. The molecule has 1 unspecified atom stereocenters. The van der Waals surface area contributed by atoms with E-state index in [1.807, 2.05) is 25.7 Å². The highest BCUT2D eigenvalue weighted by Crippen LogP contribution is 2.24. The van der Waals surface area contributed by atoms with Crippen molar-refractivity contribution in [2.24, 2.45) is 11.7 Å². The number of nitrogens with zero attached hydrogens (tertiary/aromatic N) is 1. The second-order valence-corrected chi connectivity index (χ2v) is 5.15. The number of nitrogens with two attached hydrogens (primary N) is 1.